The normalized spacial score (nSPS) is 23.3. The Bertz CT molecular complexity index is 1070. The highest BCUT2D eigenvalue weighted by Crippen LogP contribution is 2.54. The zero-order valence-electron chi connectivity index (χ0n) is 15.1. The Hall–Kier alpha value is -2.39. The molecule has 134 valence electrons. The summed E-state index contributed by atoms with van der Waals surface area (Å²) in [4.78, 5) is 14.9. The van der Waals surface area contributed by atoms with Crippen molar-refractivity contribution in [3.8, 4) is 0 Å². The molecule has 1 heterocycles. The molecule has 3 aromatic rings. The number of carbonyl (C=O) groups excluding carboxylic acids is 1. The summed E-state index contributed by atoms with van der Waals surface area (Å²) in [6.45, 7) is 1.69. The van der Waals surface area contributed by atoms with E-state index in [-0.39, 0.29) is 11.9 Å². The summed E-state index contributed by atoms with van der Waals surface area (Å²) in [5, 5.41) is 2.50. The van der Waals surface area contributed by atoms with Crippen LogP contribution in [0.25, 0.3) is 10.8 Å². The minimum absolute atomic E-state index is 0.0595. The highest BCUT2D eigenvalue weighted by Gasteiger charge is 2.44. The van der Waals surface area contributed by atoms with Gasteiger partial charge in [0.2, 0.25) is 5.91 Å². The number of fused-ring (bicyclic) bond motifs is 5. The molecule has 3 aromatic carbocycles. The van der Waals surface area contributed by atoms with Crippen LogP contribution < -0.4 is 4.90 Å². The third-order valence-corrected chi connectivity index (χ3v) is 6.52. The molecular weight excluding hydrogens is 398 g/mol. The van der Waals surface area contributed by atoms with E-state index in [9.17, 15) is 4.79 Å². The van der Waals surface area contributed by atoms with Gasteiger partial charge in [0.25, 0.3) is 0 Å². The van der Waals surface area contributed by atoms with Gasteiger partial charge >= 0.3 is 0 Å². The van der Waals surface area contributed by atoms with Crippen molar-refractivity contribution in [1.82, 2.24) is 0 Å². The van der Waals surface area contributed by atoms with Crippen LogP contribution in [0.5, 0.6) is 0 Å². The number of rotatable bonds is 1. The molecule has 1 amide bonds. The first-order valence-corrected chi connectivity index (χ1v) is 10.2. The Labute approximate surface area is 167 Å². The van der Waals surface area contributed by atoms with Gasteiger partial charge in [0, 0.05) is 23.0 Å². The Morgan fingerprint density at radius 2 is 1.81 bits per heavy atom. The summed E-state index contributed by atoms with van der Waals surface area (Å²) in [5.41, 5.74) is 3.56. The van der Waals surface area contributed by atoms with Crippen LogP contribution in [0, 0.1) is 5.92 Å². The zero-order chi connectivity index (χ0) is 18.5. The first-order valence-electron chi connectivity index (χ1n) is 9.39. The first-order chi connectivity index (χ1) is 13.1. The van der Waals surface area contributed by atoms with Crippen LogP contribution >= 0.6 is 15.9 Å². The number of anilines is 1. The lowest BCUT2D eigenvalue weighted by Gasteiger charge is -2.44. The Kier molecular flexibility index (Phi) is 3.94. The largest absolute Gasteiger partial charge is 0.305 e. The molecule has 0 saturated heterocycles. The molecular formula is C24H20BrNO. The molecule has 0 fully saturated rings. The molecule has 1 aliphatic carbocycles. The Balaban J connectivity index is 1.78. The van der Waals surface area contributed by atoms with Crippen molar-refractivity contribution >= 4 is 38.3 Å². The maximum absolute atomic E-state index is 12.8. The van der Waals surface area contributed by atoms with Crippen molar-refractivity contribution < 1.29 is 4.79 Å². The number of hydrogen-bond donors (Lipinski definition) is 0. The standard InChI is InChI=1S/C24H20BrNO/c1-15(27)26-22-14-11-16-5-2-3-6-19(16)23(22)20-7-4-8-21(20)24(26)17-9-12-18(25)13-10-17/h2-7,9-14,20-21,24H,8H2,1H3/t20-,21+,24-/m1/s1. The molecule has 0 bridgehead atoms. The Morgan fingerprint density at radius 3 is 2.59 bits per heavy atom. The van der Waals surface area contributed by atoms with Crippen molar-refractivity contribution in [2.24, 2.45) is 5.92 Å². The second kappa shape index (κ2) is 6.35. The zero-order valence-corrected chi connectivity index (χ0v) is 16.7. The van der Waals surface area contributed by atoms with E-state index in [4.69, 9.17) is 0 Å². The molecule has 3 atom stereocenters. The van der Waals surface area contributed by atoms with Crippen LogP contribution in [-0.4, -0.2) is 5.91 Å². The highest BCUT2D eigenvalue weighted by molar-refractivity contribution is 9.10. The lowest BCUT2D eigenvalue weighted by molar-refractivity contribution is -0.117. The van der Waals surface area contributed by atoms with Gasteiger partial charge in [-0.1, -0.05) is 70.5 Å². The number of hydrogen-bond acceptors (Lipinski definition) is 1. The average Bonchev–Trinajstić information content (AvgIpc) is 3.16. The summed E-state index contributed by atoms with van der Waals surface area (Å²) >= 11 is 3.53. The maximum atomic E-state index is 12.8. The van der Waals surface area contributed by atoms with Gasteiger partial charge in [0.1, 0.15) is 0 Å². The fourth-order valence-corrected chi connectivity index (χ4v) is 5.18. The van der Waals surface area contributed by atoms with Gasteiger partial charge in [-0.15, -0.1) is 0 Å². The molecule has 5 rings (SSSR count). The van der Waals surface area contributed by atoms with E-state index in [1.165, 1.54) is 21.9 Å². The SMILES string of the molecule is CC(=O)N1c2ccc3ccccc3c2[C@@H]2C=CC[C@@H]2[C@H]1c1ccc(Br)cc1. The summed E-state index contributed by atoms with van der Waals surface area (Å²) < 4.78 is 1.06. The van der Waals surface area contributed by atoms with Crippen LogP contribution in [0.4, 0.5) is 5.69 Å². The summed E-state index contributed by atoms with van der Waals surface area (Å²) in [6.07, 6.45) is 5.63. The average molecular weight is 418 g/mol. The lowest BCUT2D eigenvalue weighted by Crippen LogP contribution is -2.42. The third kappa shape index (κ3) is 2.56. The third-order valence-electron chi connectivity index (χ3n) is 5.99. The van der Waals surface area contributed by atoms with Crippen molar-refractivity contribution in [2.75, 3.05) is 4.90 Å². The quantitative estimate of drug-likeness (QED) is 0.421. The van der Waals surface area contributed by atoms with Crippen LogP contribution in [0.1, 0.15) is 36.4 Å². The van der Waals surface area contributed by atoms with Gasteiger partial charge in [-0.2, -0.15) is 0 Å². The second-order valence-electron chi connectivity index (χ2n) is 7.46. The second-order valence-corrected chi connectivity index (χ2v) is 8.37. The van der Waals surface area contributed by atoms with E-state index in [0.29, 0.717) is 11.8 Å². The van der Waals surface area contributed by atoms with E-state index in [1.54, 1.807) is 6.92 Å². The number of benzene rings is 3. The van der Waals surface area contributed by atoms with Crippen molar-refractivity contribution in [3.63, 3.8) is 0 Å². The molecule has 0 saturated carbocycles. The van der Waals surface area contributed by atoms with Gasteiger partial charge in [-0.25, -0.2) is 0 Å². The molecule has 0 spiro atoms. The monoisotopic (exact) mass is 417 g/mol. The summed E-state index contributed by atoms with van der Waals surface area (Å²) in [6, 6.07) is 21.3. The first kappa shape index (κ1) is 16.8. The fourth-order valence-electron chi connectivity index (χ4n) is 4.91. The van der Waals surface area contributed by atoms with E-state index in [1.807, 2.05) is 4.90 Å². The number of amides is 1. The molecule has 2 aliphatic rings. The predicted octanol–water partition coefficient (Wildman–Crippen LogP) is 6.37. The molecule has 0 unspecified atom stereocenters. The van der Waals surface area contributed by atoms with E-state index in [2.05, 4.69) is 88.7 Å². The van der Waals surface area contributed by atoms with Crippen LogP contribution in [0.15, 0.2) is 77.3 Å². The van der Waals surface area contributed by atoms with Gasteiger partial charge in [0.05, 0.1) is 6.04 Å². The molecule has 1 aliphatic heterocycles. The molecule has 27 heavy (non-hydrogen) atoms. The minimum Gasteiger partial charge on any atom is -0.305 e. The number of allylic oxidation sites excluding steroid dienone is 2. The topological polar surface area (TPSA) is 20.3 Å². The fraction of sp³-hybridized carbons (Fsp3) is 0.208. The molecule has 0 N–H and O–H groups in total. The summed E-state index contributed by atoms with van der Waals surface area (Å²) in [5.74, 6) is 0.813. The minimum atomic E-state index is 0.0595. The van der Waals surface area contributed by atoms with Crippen molar-refractivity contribution in [2.45, 2.75) is 25.3 Å². The van der Waals surface area contributed by atoms with Gasteiger partial charge < -0.3 is 4.90 Å². The van der Waals surface area contributed by atoms with Crippen molar-refractivity contribution in [1.29, 1.82) is 0 Å². The van der Waals surface area contributed by atoms with Crippen LogP contribution in [0.2, 0.25) is 0 Å². The maximum Gasteiger partial charge on any atom is 0.224 e. The highest BCUT2D eigenvalue weighted by atomic mass is 79.9. The van der Waals surface area contributed by atoms with E-state index < -0.39 is 0 Å². The van der Waals surface area contributed by atoms with Crippen LogP contribution in [-0.2, 0) is 4.79 Å². The smallest absolute Gasteiger partial charge is 0.224 e. The van der Waals surface area contributed by atoms with E-state index in [0.717, 1.165) is 16.6 Å². The number of carbonyl (C=O) groups is 1. The summed E-state index contributed by atoms with van der Waals surface area (Å²) in [7, 11) is 0. The van der Waals surface area contributed by atoms with Gasteiger partial charge in [-0.05, 0) is 52.4 Å². The molecule has 2 nitrogen and oxygen atoms in total. The lowest BCUT2D eigenvalue weighted by atomic mass is 9.74. The van der Waals surface area contributed by atoms with Gasteiger partial charge in [0.15, 0.2) is 0 Å². The van der Waals surface area contributed by atoms with E-state index >= 15 is 0 Å². The molecule has 0 aromatic heterocycles. The number of nitrogens with zero attached hydrogens (tertiary/aromatic N) is 1. The van der Waals surface area contributed by atoms with Gasteiger partial charge in [-0.3, -0.25) is 4.79 Å². The van der Waals surface area contributed by atoms with Crippen molar-refractivity contribution in [3.05, 3.63) is 88.4 Å². The molecule has 3 heteroatoms. The molecule has 0 radical (unpaired) electrons. The van der Waals surface area contributed by atoms with Crippen LogP contribution in [0.3, 0.4) is 0 Å². The predicted molar refractivity (Wildman–Crippen MR) is 114 cm³/mol. The Morgan fingerprint density at radius 1 is 1.04 bits per heavy atom. The number of halogens is 1.